The van der Waals surface area contributed by atoms with Crippen LogP contribution >= 0.6 is 0 Å². The van der Waals surface area contributed by atoms with E-state index in [1.807, 2.05) is 36.7 Å². The highest BCUT2D eigenvalue weighted by molar-refractivity contribution is 6.00. The second-order valence-corrected chi connectivity index (χ2v) is 8.06. The molecule has 1 aromatic heterocycles. The van der Waals surface area contributed by atoms with E-state index in [9.17, 15) is 4.79 Å². The highest BCUT2D eigenvalue weighted by Gasteiger charge is 2.36. The van der Waals surface area contributed by atoms with Gasteiger partial charge in [0.2, 0.25) is 0 Å². The summed E-state index contributed by atoms with van der Waals surface area (Å²) in [5.41, 5.74) is 5.14. The van der Waals surface area contributed by atoms with Crippen LogP contribution < -0.4 is 5.32 Å². The minimum Gasteiger partial charge on any atom is -0.315 e. The minimum absolute atomic E-state index is 0.0347. The lowest BCUT2D eigenvalue weighted by molar-refractivity contribution is 0.0826. The highest BCUT2D eigenvalue weighted by atomic mass is 16.1. The molecule has 0 radical (unpaired) electrons. The van der Waals surface area contributed by atoms with Crippen molar-refractivity contribution in [3.8, 4) is 5.69 Å². The molecule has 2 atom stereocenters. The van der Waals surface area contributed by atoms with E-state index in [1.165, 1.54) is 5.56 Å². The number of aromatic nitrogens is 2. The molecule has 2 saturated heterocycles. The van der Waals surface area contributed by atoms with E-state index in [1.54, 1.807) is 0 Å². The van der Waals surface area contributed by atoms with Crippen molar-refractivity contribution in [2.45, 2.75) is 38.3 Å². The molecule has 5 heteroatoms. The van der Waals surface area contributed by atoms with Crippen LogP contribution in [-0.2, 0) is 0 Å². The van der Waals surface area contributed by atoms with E-state index in [0.29, 0.717) is 6.04 Å². The van der Waals surface area contributed by atoms with E-state index >= 15 is 0 Å². The van der Waals surface area contributed by atoms with Gasteiger partial charge in [-0.15, -0.1) is 0 Å². The number of nitrogens with one attached hydrogen (secondary N) is 1. The van der Waals surface area contributed by atoms with Gasteiger partial charge in [0.1, 0.15) is 6.33 Å². The zero-order valence-corrected chi connectivity index (χ0v) is 16.3. The standard InChI is InChI=1S/C23H26N4O/c1-16-4-9-20-22(13-16)27(15-25-20)18-7-5-17(6-8-18)23(28)21-3-2-12-26(21)19-10-11-24-14-19/h4-9,13,15,19,21,24H,2-3,10-12,14H2,1H3. The fraction of sp³-hybridized carbons (Fsp3) is 0.391. The average Bonchev–Trinajstić information content (AvgIpc) is 3.46. The maximum atomic E-state index is 13.2. The number of imidazole rings is 1. The second kappa shape index (κ2) is 7.15. The number of rotatable bonds is 4. The van der Waals surface area contributed by atoms with Crippen molar-refractivity contribution in [1.82, 2.24) is 19.8 Å². The van der Waals surface area contributed by atoms with Crippen LogP contribution in [0.4, 0.5) is 0 Å². The van der Waals surface area contributed by atoms with Crippen LogP contribution in [0.3, 0.4) is 0 Å². The quantitative estimate of drug-likeness (QED) is 0.712. The summed E-state index contributed by atoms with van der Waals surface area (Å²) < 4.78 is 2.09. The maximum Gasteiger partial charge on any atom is 0.179 e. The number of fused-ring (bicyclic) bond motifs is 1. The van der Waals surface area contributed by atoms with Gasteiger partial charge in [-0.1, -0.05) is 6.07 Å². The van der Waals surface area contributed by atoms with E-state index in [0.717, 1.165) is 61.2 Å². The lowest BCUT2D eigenvalue weighted by Gasteiger charge is -2.29. The topological polar surface area (TPSA) is 50.2 Å². The van der Waals surface area contributed by atoms with Crippen LogP contribution in [0.1, 0.15) is 35.2 Å². The summed E-state index contributed by atoms with van der Waals surface area (Å²) in [5, 5.41) is 3.43. The van der Waals surface area contributed by atoms with Crippen molar-refractivity contribution in [2.75, 3.05) is 19.6 Å². The van der Waals surface area contributed by atoms with Gasteiger partial charge in [-0.25, -0.2) is 4.98 Å². The van der Waals surface area contributed by atoms with Crippen molar-refractivity contribution < 1.29 is 4.79 Å². The number of benzene rings is 2. The molecule has 0 amide bonds. The number of hydrogen-bond donors (Lipinski definition) is 1. The molecule has 0 spiro atoms. The molecular weight excluding hydrogens is 348 g/mol. The Morgan fingerprint density at radius 1 is 1.14 bits per heavy atom. The summed E-state index contributed by atoms with van der Waals surface area (Å²) in [6, 6.07) is 14.8. The minimum atomic E-state index is 0.0347. The van der Waals surface area contributed by atoms with Gasteiger partial charge in [0, 0.05) is 23.8 Å². The van der Waals surface area contributed by atoms with E-state index < -0.39 is 0 Å². The second-order valence-electron chi connectivity index (χ2n) is 8.06. The first-order chi connectivity index (χ1) is 13.7. The number of ketones is 1. The Labute approximate surface area is 165 Å². The molecule has 5 nitrogen and oxygen atoms in total. The van der Waals surface area contributed by atoms with E-state index in [-0.39, 0.29) is 11.8 Å². The Morgan fingerprint density at radius 3 is 2.79 bits per heavy atom. The van der Waals surface area contributed by atoms with Gasteiger partial charge in [-0.05, 0) is 81.2 Å². The fourth-order valence-electron chi connectivity index (χ4n) is 4.73. The molecule has 0 bridgehead atoms. The third kappa shape index (κ3) is 3.05. The Kier molecular flexibility index (Phi) is 4.49. The molecule has 2 aliphatic rings. The molecule has 0 saturated carbocycles. The first-order valence-electron chi connectivity index (χ1n) is 10.3. The molecule has 0 aliphatic carbocycles. The zero-order chi connectivity index (χ0) is 19.1. The smallest absolute Gasteiger partial charge is 0.179 e. The lowest BCUT2D eigenvalue weighted by Crippen LogP contribution is -2.44. The molecule has 2 aliphatic heterocycles. The predicted molar refractivity (Wildman–Crippen MR) is 111 cm³/mol. The van der Waals surface area contributed by atoms with Crippen LogP contribution in [0, 0.1) is 6.92 Å². The van der Waals surface area contributed by atoms with Crippen molar-refractivity contribution in [3.05, 3.63) is 59.9 Å². The first kappa shape index (κ1) is 17.6. The van der Waals surface area contributed by atoms with Crippen LogP contribution in [0.25, 0.3) is 16.7 Å². The number of likely N-dealkylation sites (tertiary alicyclic amines) is 1. The number of nitrogens with zero attached hydrogens (tertiary/aromatic N) is 3. The number of hydrogen-bond acceptors (Lipinski definition) is 4. The van der Waals surface area contributed by atoms with E-state index in [2.05, 4.69) is 38.8 Å². The van der Waals surface area contributed by atoms with E-state index in [4.69, 9.17) is 0 Å². The molecule has 3 aromatic rings. The molecule has 2 fully saturated rings. The molecule has 2 unspecified atom stereocenters. The van der Waals surface area contributed by atoms with Crippen molar-refractivity contribution in [1.29, 1.82) is 0 Å². The Hall–Kier alpha value is -2.50. The molecule has 28 heavy (non-hydrogen) atoms. The molecule has 1 N–H and O–H groups in total. The molecule has 2 aromatic carbocycles. The number of aryl methyl sites for hydroxylation is 1. The summed E-state index contributed by atoms with van der Waals surface area (Å²) in [7, 11) is 0. The van der Waals surface area contributed by atoms with Gasteiger partial charge >= 0.3 is 0 Å². The largest absolute Gasteiger partial charge is 0.315 e. The average molecular weight is 374 g/mol. The van der Waals surface area contributed by atoms with Gasteiger partial charge < -0.3 is 5.32 Å². The van der Waals surface area contributed by atoms with Gasteiger partial charge in [-0.3, -0.25) is 14.3 Å². The molecule has 5 rings (SSSR count). The highest BCUT2D eigenvalue weighted by Crippen LogP contribution is 2.26. The van der Waals surface area contributed by atoms with Gasteiger partial charge in [0.15, 0.2) is 5.78 Å². The lowest BCUT2D eigenvalue weighted by atomic mass is 10.0. The predicted octanol–water partition coefficient (Wildman–Crippen LogP) is 3.34. The van der Waals surface area contributed by atoms with Crippen molar-refractivity contribution in [3.63, 3.8) is 0 Å². The summed E-state index contributed by atoms with van der Waals surface area (Å²) in [5.74, 6) is 0.266. The number of Topliss-reactive ketones (excluding diaryl/α,β-unsaturated/α-hetero) is 1. The summed E-state index contributed by atoms with van der Waals surface area (Å²) in [4.78, 5) is 20.1. The molecule has 3 heterocycles. The molecular formula is C23H26N4O. The van der Waals surface area contributed by atoms with Crippen LogP contribution in [0.15, 0.2) is 48.8 Å². The Morgan fingerprint density at radius 2 is 2.00 bits per heavy atom. The third-order valence-corrected chi connectivity index (χ3v) is 6.23. The zero-order valence-electron chi connectivity index (χ0n) is 16.3. The van der Waals surface area contributed by atoms with Gasteiger partial charge in [0.05, 0.1) is 17.1 Å². The summed E-state index contributed by atoms with van der Waals surface area (Å²) >= 11 is 0. The SMILES string of the molecule is Cc1ccc2ncn(-c3ccc(C(=O)C4CCCN4C4CCNC4)cc3)c2c1. The monoisotopic (exact) mass is 374 g/mol. The number of carbonyl (C=O) groups is 1. The van der Waals surface area contributed by atoms with Crippen LogP contribution in [-0.4, -0.2) is 52.0 Å². The van der Waals surface area contributed by atoms with Crippen molar-refractivity contribution in [2.24, 2.45) is 0 Å². The Balaban J connectivity index is 1.40. The van der Waals surface area contributed by atoms with Gasteiger partial charge in [-0.2, -0.15) is 0 Å². The third-order valence-electron chi connectivity index (χ3n) is 6.23. The number of carbonyl (C=O) groups excluding carboxylic acids is 1. The fourth-order valence-corrected chi connectivity index (χ4v) is 4.73. The van der Waals surface area contributed by atoms with Crippen LogP contribution in [0.5, 0.6) is 0 Å². The van der Waals surface area contributed by atoms with Crippen molar-refractivity contribution >= 4 is 16.8 Å². The van der Waals surface area contributed by atoms with Crippen LogP contribution in [0.2, 0.25) is 0 Å². The molecule has 144 valence electrons. The maximum absolute atomic E-state index is 13.2. The summed E-state index contributed by atoms with van der Waals surface area (Å²) in [6.45, 7) is 5.21. The first-order valence-corrected chi connectivity index (χ1v) is 10.3. The van der Waals surface area contributed by atoms with Gasteiger partial charge in [0.25, 0.3) is 0 Å². The normalized spacial score (nSPS) is 22.9. The Bertz CT molecular complexity index is 1000. The summed E-state index contributed by atoms with van der Waals surface area (Å²) in [6.07, 6.45) is 5.09.